The van der Waals surface area contributed by atoms with Crippen LogP contribution in [-0.2, 0) is 18.4 Å². The molecule has 2 amide bonds. The first-order valence-electron chi connectivity index (χ1n) is 6.16. The minimum atomic E-state index is -1.01. The van der Waals surface area contributed by atoms with Crippen LogP contribution in [0.3, 0.4) is 0 Å². The maximum atomic E-state index is 11.9. The normalized spacial score (nSPS) is 11.9. The molecule has 0 spiro atoms. The fraction of sp³-hybridized carbons (Fsp3) is 0.583. The van der Waals surface area contributed by atoms with Crippen molar-refractivity contribution in [2.45, 2.75) is 32.4 Å². The number of carboxylic acids is 1. The third-order valence-electron chi connectivity index (χ3n) is 2.82. The summed E-state index contributed by atoms with van der Waals surface area (Å²) in [5, 5.41) is 11.5. The zero-order valence-electron chi connectivity index (χ0n) is 11.5. The number of nitrogens with one attached hydrogen (secondary N) is 1. The van der Waals surface area contributed by atoms with Crippen molar-refractivity contribution in [3.63, 3.8) is 0 Å². The molecule has 0 unspecified atom stereocenters. The van der Waals surface area contributed by atoms with E-state index in [1.54, 1.807) is 19.4 Å². The molecule has 19 heavy (non-hydrogen) atoms. The molecule has 7 heteroatoms. The molecule has 0 fully saturated rings. The molecule has 0 saturated carbocycles. The number of rotatable bonds is 6. The van der Waals surface area contributed by atoms with E-state index in [0.29, 0.717) is 19.4 Å². The quantitative estimate of drug-likeness (QED) is 0.799. The van der Waals surface area contributed by atoms with Crippen LogP contribution in [0.15, 0.2) is 12.4 Å². The van der Waals surface area contributed by atoms with Crippen molar-refractivity contribution in [2.24, 2.45) is 7.05 Å². The van der Waals surface area contributed by atoms with E-state index in [1.165, 1.54) is 4.90 Å². The van der Waals surface area contributed by atoms with Gasteiger partial charge in [0.1, 0.15) is 11.9 Å². The summed E-state index contributed by atoms with van der Waals surface area (Å²) >= 11 is 0. The molecule has 1 aromatic heterocycles. The van der Waals surface area contributed by atoms with Crippen LogP contribution in [0.2, 0.25) is 0 Å². The number of aryl methyl sites for hydroxylation is 1. The van der Waals surface area contributed by atoms with Gasteiger partial charge in [0.25, 0.3) is 0 Å². The first kappa shape index (κ1) is 15.0. The smallest absolute Gasteiger partial charge is 0.326 e. The van der Waals surface area contributed by atoms with E-state index in [-0.39, 0.29) is 0 Å². The number of aromatic nitrogens is 2. The fourth-order valence-electron chi connectivity index (χ4n) is 1.64. The summed E-state index contributed by atoms with van der Waals surface area (Å²) in [6, 6.07) is -1.26. The SMILES string of the molecule is CCC[C@H](NC(=O)N(C)Cc1nccn1C)C(=O)O. The van der Waals surface area contributed by atoms with E-state index in [1.807, 2.05) is 18.5 Å². The zero-order chi connectivity index (χ0) is 14.4. The van der Waals surface area contributed by atoms with Gasteiger partial charge in [-0.3, -0.25) is 0 Å². The number of nitrogens with zero attached hydrogens (tertiary/aromatic N) is 3. The predicted molar refractivity (Wildman–Crippen MR) is 69.5 cm³/mol. The third kappa shape index (κ3) is 4.27. The van der Waals surface area contributed by atoms with Crippen LogP contribution in [0.25, 0.3) is 0 Å². The molecule has 0 aliphatic rings. The number of hydrogen-bond acceptors (Lipinski definition) is 3. The summed E-state index contributed by atoms with van der Waals surface area (Å²) in [5.74, 6) is -0.277. The van der Waals surface area contributed by atoms with E-state index >= 15 is 0 Å². The van der Waals surface area contributed by atoms with Gasteiger partial charge in [0.2, 0.25) is 0 Å². The van der Waals surface area contributed by atoms with Crippen molar-refractivity contribution >= 4 is 12.0 Å². The lowest BCUT2D eigenvalue weighted by atomic mass is 10.2. The van der Waals surface area contributed by atoms with Crippen molar-refractivity contribution in [1.82, 2.24) is 19.8 Å². The van der Waals surface area contributed by atoms with Gasteiger partial charge in [-0.05, 0) is 6.42 Å². The van der Waals surface area contributed by atoms with Gasteiger partial charge in [-0.2, -0.15) is 0 Å². The average Bonchev–Trinajstić information content (AvgIpc) is 2.74. The van der Waals surface area contributed by atoms with Crippen LogP contribution >= 0.6 is 0 Å². The Balaban J connectivity index is 2.57. The number of urea groups is 1. The maximum absolute atomic E-state index is 11.9. The Labute approximate surface area is 112 Å². The molecule has 0 aromatic carbocycles. The number of carbonyl (C=O) groups excluding carboxylic acids is 1. The number of aliphatic carboxylic acids is 1. The Morgan fingerprint density at radius 1 is 1.58 bits per heavy atom. The van der Waals surface area contributed by atoms with Gasteiger partial charge in [-0.15, -0.1) is 0 Å². The van der Waals surface area contributed by atoms with Gasteiger partial charge in [-0.25, -0.2) is 14.6 Å². The minimum absolute atomic E-state index is 0.327. The Hall–Kier alpha value is -2.05. The van der Waals surface area contributed by atoms with Crippen LogP contribution in [0.4, 0.5) is 4.79 Å². The van der Waals surface area contributed by atoms with E-state index < -0.39 is 18.0 Å². The van der Waals surface area contributed by atoms with Crippen molar-refractivity contribution < 1.29 is 14.7 Å². The molecule has 106 valence electrons. The Bertz CT molecular complexity index is 444. The van der Waals surface area contributed by atoms with Gasteiger partial charge in [0.05, 0.1) is 6.54 Å². The van der Waals surface area contributed by atoms with Gasteiger partial charge < -0.3 is 19.9 Å². The predicted octanol–water partition coefficient (Wildman–Crippen LogP) is 0.815. The molecule has 0 bridgehead atoms. The lowest BCUT2D eigenvalue weighted by molar-refractivity contribution is -0.139. The van der Waals surface area contributed by atoms with E-state index in [2.05, 4.69) is 10.3 Å². The summed E-state index contributed by atoms with van der Waals surface area (Å²) in [6.07, 6.45) is 4.55. The fourth-order valence-corrected chi connectivity index (χ4v) is 1.64. The maximum Gasteiger partial charge on any atom is 0.326 e. The van der Waals surface area contributed by atoms with Crippen LogP contribution in [0.5, 0.6) is 0 Å². The number of hydrogen-bond donors (Lipinski definition) is 2. The molecule has 2 N–H and O–H groups in total. The topological polar surface area (TPSA) is 87.5 Å². The summed E-state index contributed by atoms with van der Waals surface area (Å²) in [4.78, 5) is 28.4. The highest BCUT2D eigenvalue weighted by Crippen LogP contribution is 2.02. The molecule has 0 radical (unpaired) electrons. The highest BCUT2D eigenvalue weighted by atomic mass is 16.4. The standard InChI is InChI=1S/C12H20N4O3/c1-4-5-9(11(17)18)14-12(19)16(3)8-10-13-6-7-15(10)2/h6-7,9H,4-5,8H2,1-3H3,(H,14,19)(H,17,18)/t9-/m0/s1. The van der Waals surface area contributed by atoms with Crippen molar-refractivity contribution in [3.8, 4) is 0 Å². The molecule has 1 atom stereocenters. The van der Waals surface area contributed by atoms with Crippen LogP contribution < -0.4 is 5.32 Å². The van der Waals surface area contributed by atoms with Crippen molar-refractivity contribution in [3.05, 3.63) is 18.2 Å². The van der Waals surface area contributed by atoms with Gasteiger partial charge in [-0.1, -0.05) is 13.3 Å². The summed E-state index contributed by atoms with van der Waals surface area (Å²) in [5.41, 5.74) is 0. The van der Waals surface area contributed by atoms with Gasteiger partial charge >= 0.3 is 12.0 Å². The third-order valence-corrected chi connectivity index (χ3v) is 2.82. The lowest BCUT2D eigenvalue weighted by Crippen LogP contribution is -2.46. The molecule has 1 rings (SSSR count). The van der Waals surface area contributed by atoms with Crippen molar-refractivity contribution in [2.75, 3.05) is 7.05 Å². The largest absolute Gasteiger partial charge is 0.480 e. The second-order valence-corrected chi connectivity index (χ2v) is 4.44. The van der Waals surface area contributed by atoms with Crippen LogP contribution in [-0.4, -0.2) is 44.6 Å². The molecule has 1 heterocycles. The summed E-state index contributed by atoms with van der Waals surface area (Å²) < 4.78 is 1.81. The number of amides is 2. The second-order valence-electron chi connectivity index (χ2n) is 4.44. The molecule has 0 aliphatic heterocycles. The minimum Gasteiger partial charge on any atom is -0.480 e. The first-order valence-corrected chi connectivity index (χ1v) is 6.16. The van der Waals surface area contributed by atoms with Crippen LogP contribution in [0, 0.1) is 0 Å². The number of imidazole rings is 1. The summed E-state index contributed by atoms with van der Waals surface area (Å²) in [6.45, 7) is 2.20. The monoisotopic (exact) mass is 268 g/mol. The highest BCUT2D eigenvalue weighted by Gasteiger charge is 2.21. The van der Waals surface area contributed by atoms with Gasteiger partial charge in [0, 0.05) is 26.5 Å². The number of carbonyl (C=O) groups is 2. The molecular formula is C12H20N4O3. The summed E-state index contributed by atoms with van der Waals surface area (Å²) in [7, 11) is 3.44. The Morgan fingerprint density at radius 3 is 2.74 bits per heavy atom. The molecule has 7 nitrogen and oxygen atoms in total. The molecule has 1 aromatic rings. The zero-order valence-corrected chi connectivity index (χ0v) is 11.5. The first-order chi connectivity index (χ1) is 8.95. The molecule has 0 saturated heterocycles. The Kier molecular flexibility index (Phi) is 5.35. The Morgan fingerprint density at radius 2 is 2.26 bits per heavy atom. The van der Waals surface area contributed by atoms with E-state index in [4.69, 9.17) is 5.11 Å². The van der Waals surface area contributed by atoms with Crippen molar-refractivity contribution in [1.29, 1.82) is 0 Å². The molecule has 0 aliphatic carbocycles. The molecular weight excluding hydrogens is 248 g/mol. The lowest BCUT2D eigenvalue weighted by Gasteiger charge is -2.21. The van der Waals surface area contributed by atoms with Crippen LogP contribution in [0.1, 0.15) is 25.6 Å². The number of carboxylic acid groups (broad SMARTS) is 1. The van der Waals surface area contributed by atoms with Gasteiger partial charge in [0.15, 0.2) is 0 Å². The van der Waals surface area contributed by atoms with E-state index in [9.17, 15) is 9.59 Å². The second kappa shape index (κ2) is 6.77. The highest BCUT2D eigenvalue weighted by molar-refractivity contribution is 5.82. The average molecular weight is 268 g/mol. The van der Waals surface area contributed by atoms with E-state index in [0.717, 1.165) is 5.82 Å².